The SMILES string of the molecule is Cl.NCc1ccc(C(=O)NC2CCN(S(=O)(=O)Cc3ccccc3)CC2)cc1. The highest BCUT2D eigenvalue weighted by atomic mass is 35.5. The number of sulfonamides is 1. The number of hydrogen-bond acceptors (Lipinski definition) is 4. The second-order valence-corrected chi connectivity index (χ2v) is 8.76. The van der Waals surface area contributed by atoms with Gasteiger partial charge in [-0.1, -0.05) is 42.5 Å². The van der Waals surface area contributed by atoms with Crippen molar-refractivity contribution in [1.29, 1.82) is 0 Å². The van der Waals surface area contributed by atoms with Crippen LogP contribution < -0.4 is 11.1 Å². The van der Waals surface area contributed by atoms with Crippen molar-refractivity contribution >= 4 is 28.3 Å². The summed E-state index contributed by atoms with van der Waals surface area (Å²) in [4.78, 5) is 12.4. The molecule has 2 aromatic carbocycles. The molecule has 1 aliphatic rings. The Morgan fingerprint density at radius 1 is 1.00 bits per heavy atom. The predicted molar refractivity (Wildman–Crippen MR) is 113 cm³/mol. The Balaban J connectivity index is 0.00000280. The van der Waals surface area contributed by atoms with Gasteiger partial charge in [0.15, 0.2) is 0 Å². The highest BCUT2D eigenvalue weighted by Gasteiger charge is 2.28. The highest BCUT2D eigenvalue weighted by Crippen LogP contribution is 2.18. The molecule has 1 saturated heterocycles. The number of nitrogens with two attached hydrogens (primary N) is 1. The fraction of sp³-hybridized carbons (Fsp3) is 0.350. The van der Waals surface area contributed by atoms with Crippen molar-refractivity contribution in [3.63, 3.8) is 0 Å². The van der Waals surface area contributed by atoms with Crippen LogP contribution in [0.3, 0.4) is 0 Å². The van der Waals surface area contributed by atoms with Crippen molar-refractivity contribution in [3.8, 4) is 0 Å². The zero-order valence-electron chi connectivity index (χ0n) is 15.6. The summed E-state index contributed by atoms with van der Waals surface area (Å²) in [5.74, 6) is -0.123. The van der Waals surface area contributed by atoms with Gasteiger partial charge < -0.3 is 11.1 Å². The topological polar surface area (TPSA) is 92.5 Å². The van der Waals surface area contributed by atoms with E-state index in [-0.39, 0.29) is 30.1 Å². The van der Waals surface area contributed by atoms with Crippen LogP contribution in [-0.4, -0.2) is 37.8 Å². The van der Waals surface area contributed by atoms with Crippen LogP contribution in [0.1, 0.15) is 34.3 Å². The van der Waals surface area contributed by atoms with Crippen molar-refractivity contribution < 1.29 is 13.2 Å². The van der Waals surface area contributed by atoms with Crippen molar-refractivity contribution in [3.05, 3.63) is 71.3 Å². The van der Waals surface area contributed by atoms with Crippen LogP contribution in [0, 0.1) is 0 Å². The Labute approximate surface area is 172 Å². The second kappa shape index (κ2) is 10.0. The van der Waals surface area contributed by atoms with E-state index in [0.717, 1.165) is 11.1 Å². The molecule has 8 heteroatoms. The third-order valence-electron chi connectivity index (χ3n) is 4.83. The van der Waals surface area contributed by atoms with Gasteiger partial charge in [0.2, 0.25) is 10.0 Å². The fourth-order valence-corrected chi connectivity index (χ4v) is 4.78. The third-order valence-corrected chi connectivity index (χ3v) is 6.68. The molecule has 1 amide bonds. The number of nitrogens with zero attached hydrogens (tertiary/aromatic N) is 1. The van der Waals surface area contributed by atoms with Gasteiger partial charge in [-0.25, -0.2) is 12.7 Å². The minimum absolute atomic E-state index is 0. The molecule has 1 heterocycles. The molecule has 2 aromatic rings. The molecule has 152 valence electrons. The number of rotatable bonds is 6. The Morgan fingerprint density at radius 2 is 1.61 bits per heavy atom. The standard InChI is InChI=1S/C20H25N3O3S.ClH/c21-14-16-6-8-18(9-7-16)20(24)22-19-10-12-23(13-11-19)27(25,26)15-17-4-2-1-3-5-17;/h1-9,19H,10-15,21H2,(H,22,24);1H. The zero-order chi connectivity index (χ0) is 19.3. The predicted octanol–water partition coefficient (Wildman–Crippen LogP) is 2.29. The van der Waals surface area contributed by atoms with Crippen LogP contribution in [0.25, 0.3) is 0 Å². The molecule has 3 N–H and O–H groups in total. The van der Waals surface area contributed by atoms with Gasteiger partial charge in [0, 0.05) is 31.2 Å². The quantitative estimate of drug-likeness (QED) is 0.745. The molecule has 0 atom stereocenters. The summed E-state index contributed by atoms with van der Waals surface area (Å²) < 4.78 is 26.7. The van der Waals surface area contributed by atoms with Crippen LogP contribution in [-0.2, 0) is 22.3 Å². The molecule has 0 spiro atoms. The first kappa shape index (κ1) is 22.4. The number of piperidine rings is 1. The van der Waals surface area contributed by atoms with E-state index in [9.17, 15) is 13.2 Å². The lowest BCUT2D eigenvalue weighted by molar-refractivity contribution is 0.0924. The van der Waals surface area contributed by atoms with Gasteiger partial charge in [0.05, 0.1) is 5.75 Å². The van der Waals surface area contributed by atoms with E-state index < -0.39 is 10.0 Å². The van der Waals surface area contributed by atoms with Crippen LogP contribution in [0.15, 0.2) is 54.6 Å². The van der Waals surface area contributed by atoms with E-state index in [2.05, 4.69) is 5.32 Å². The molecule has 0 saturated carbocycles. The summed E-state index contributed by atoms with van der Waals surface area (Å²) in [5, 5.41) is 3.00. The monoisotopic (exact) mass is 423 g/mol. The number of nitrogens with one attached hydrogen (secondary N) is 1. The summed E-state index contributed by atoms with van der Waals surface area (Å²) in [5.41, 5.74) is 7.92. The zero-order valence-corrected chi connectivity index (χ0v) is 17.2. The molecule has 0 bridgehead atoms. The Hall–Kier alpha value is -1.93. The average Bonchev–Trinajstić information content (AvgIpc) is 2.69. The second-order valence-electron chi connectivity index (χ2n) is 6.79. The van der Waals surface area contributed by atoms with E-state index in [1.807, 2.05) is 42.5 Å². The Bertz CT molecular complexity index is 865. The number of carbonyl (C=O) groups is 1. The molecular weight excluding hydrogens is 398 g/mol. The molecular formula is C20H26ClN3O3S. The summed E-state index contributed by atoms with van der Waals surface area (Å²) >= 11 is 0. The van der Waals surface area contributed by atoms with Crippen molar-refractivity contribution in [2.24, 2.45) is 5.73 Å². The van der Waals surface area contributed by atoms with Crippen LogP contribution in [0.4, 0.5) is 0 Å². The van der Waals surface area contributed by atoms with Crippen molar-refractivity contribution in [1.82, 2.24) is 9.62 Å². The molecule has 0 radical (unpaired) electrons. The van der Waals surface area contributed by atoms with Crippen LogP contribution in [0.5, 0.6) is 0 Å². The van der Waals surface area contributed by atoms with Crippen LogP contribution >= 0.6 is 12.4 Å². The van der Waals surface area contributed by atoms with Gasteiger partial charge in [-0.2, -0.15) is 0 Å². The number of amides is 1. The molecule has 1 aliphatic heterocycles. The van der Waals surface area contributed by atoms with Gasteiger partial charge in [-0.05, 0) is 36.1 Å². The van der Waals surface area contributed by atoms with Gasteiger partial charge in [-0.3, -0.25) is 4.79 Å². The molecule has 0 aliphatic carbocycles. The summed E-state index contributed by atoms with van der Waals surface area (Å²) in [6.45, 7) is 1.29. The average molecular weight is 424 g/mol. The lowest BCUT2D eigenvalue weighted by atomic mass is 10.1. The number of halogens is 1. The molecule has 0 unspecified atom stereocenters. The number of benzene rings is 2. The van der Waals surface area contributed by atoms with E-state index in [4.69, 9.17) is 5.73 Å². The van der Waals surface area contributed by atoms with E-state index in [1.54, 1.807) is 12.1 Å². The summed E-state index contributed by atoms with van der Waals surface area (Å²) in [6, 6.07) is 16.4. The van der Waals surface area contributed by atoms with Gasteiger partial charge >= 0.3 is 0 Å². The number of carbonyl (C=O) groups excluding carboxylic acids is 1. The van der Waals surface area contributed by atoms with Gasteiger partial charge in [0.1, 0.15) is 0 Å². The molecule has 28 heavy (non-hydrogen) atoms. The Morgan fingerprint density at radius 3 is 2.18 bits per heavy atom. The van der Waals surface area contributed by atoms with Gasteiger partial charge in [0.25, 0.3) is 5.91 Å². The molecule has 6 nitrogen and oxygen atoms in total. The van der Waals surface area contributed by atoms with E-state index in [0.29, 0.717) is 38.0 Å². The van der Waals surface area contributed by atoms with Crippen molar-refractivity contribution in [2.45, 2.75) is 31.2 Å². The summed E-state index contributed by atoms with van der Waals surface area (Å²) in [7, 11) is -3.34. The lowest BCUT2D eigenvalue weighted by Gasteiger charge is -2.31. The molecule has 0 aromatic heterocycles. The minimum atomic E-state index is -3.34. The maximum atomic E-state index is 12.6. The van der Waals surface area contributed by atoms with E-state index in [1.165, 1.54) is 4.31 Å². The molecule has 3 rings (SSSR count). The maximum absolute atomic E-state index is 12.6. The highest BCUT2D eigenvalue weighted by molar-refractivity contribution is 7.88. The molecule has 1 fully saturated rings. The third kappa shape index (κ3) is 5.78. The number of hydrogen-bond donors (Lipinski definition) is 2. The smallest absolute Gasteiger partial charge is 0.251 e. The first-order valence-corrected chi connectivity index (χ1v) is 10.7. The van der Waals surface area contributed by atoms with Crippen LogP contribution in [0.2, 0.25) is 0 Å². The Kier molecular flexibility index (Phi) is 8.00. The lowest BCUT2D eigenvalue weighted by Crippen LogP contribution is -2.46. The van der Waals surface area contributed by atoms with Crippen molar-refractivity contribution in [2.75, 3.05) is 13.1 Å². The van der Waals surface area contributed by atoms with E-state index >= 15 is 0 Å². The van der Waals surface area contributed by atoms with Gasteiger partial charge in [-0.15, -0.1) is 12.4 Å². The normalized spacial score (nSPS) is 15.6. The fourth-order valence-electron chi connectivity index (χ4n) is 3.22. The minimum Gasteiger partial charge on any atom is -0.349 e. The largest absolute Gasteiger partial charge is 0.349 e. The first-order chi connectivity index (χ1) is 13.0. The summed E-state index contributed by atoms with van der Waals surface area (Å²) in [6.07, 6.45) is 1.22. The maximum Gasteiger partial charge on any atom is 0.251 e. The first-order valence-electron chi connectivity index (χ1n) is 9.09.